The van der Waals surface area contributed by atoms with E-state index in [1.165, 1.54) is 0 Å². The zero-order valence-corrected chi connectivity index (χ0v) is 10.6. The van der Waals surface area contributed by atoms with Crippen molar-refractivity contribution < 1.29 is 0 Å². The third-order valence-corrected chi connectivity index (χ3v) is 2.47. The summed E-state index contributed by atoms with van der Waals surface area (Å²) in [7, 11) is 0. The first-order valence-corrected chi connectivity index (χ1v) is 5.91. The molecule has 18 heavy (non-hydrogen) atoms. The van der Waals surface area contributed by atoms with E-state index in [1.54, 1.807) is 6.34 Å². The normalized spacial score (nSPS) is 17.8. The first-order chi connectivity index (χ1) is 8.54. The Hall–Kier alpha value is -2.05. The molecule has 3 heteroatoms. The Morgan fingerprint density at radius 3 is 2.56 bits per heavy atom. The van der Waals surface area contributed by atoms with Crippen LogP contribution in [0, 0.1) is 11.8 Å². The number of nitrogens with two attached hydrogens (primary N) is 1. The molecule has 0 amide bonds. The average molecular weight is 239 g/mol. The predicted octanol–water partition coefficient (Wildman–Crippen LogP) is 1.96. The molecule has 0 spiro atoms. The molecule has 0 aromatic heterocycles. The Morgan fingerprint density at radius 2 is 2.00 bits per heavy atom. The van der Waals surface area contributed by atoms with Crippen LogP contribution in [0.5, 0.6) is 0 Å². The van der Waals surface area contributed by atoms with Gasteiger partial charge in [-0.2, -0.15) is 0 Å². The van der Waals surface area contributed by atoms with Gasteiger partial charge in [0, 0.05) is 11.8 Å². The highest BCUT2D eigenvalue weighted by Gasteiger charge is 2.07. The van der Waals surface area contributed by atoms with Crippen molar-refractivity contribution in [2.75, 3.05) is 0 Å². The number of nitrogens with one attached hydrogen (secondary N) is 1. The van der Waals surface area contributed by atoms with Crippen molar-refractivity contribution in [2.24, 2.45) is 10.7 Å². The van der Waals surface area contributed by atoms with E-state index in [-0.39, 0.29) is 6.04 Å². The summed E-state index contributed by atoms with van der Waals surface area (Å²) >= 11 is 0. The van der Waals surface area contributed by atoms with E-state index < -0.39 is 5.54 Å². The average Bonchev–Trinajstić information content (AvgIpc) is 2.37. The molecule has 1 heterocycles. The van der Waals surface area contributed by atoms with Crippen LogP contribution in [-0.4, -0.2) is 11.9 Å². The fraction of sp³-hybridized carbons (Fsp3) is 0.267. The lowest BCUT2D eigenvalue weighted by molar-refractivity contribution is 0.680. The summed E-state index contributed by atoms with van der Waals surface area (Å²) in [6.45, 7) is 3.78. The van der Waals surface area contributed by atoms with Crippen LogP contribution in [0.1, 0.15) is 31.0 Å². The molecule has 1 aliphatic rings. The molecule has 1 unspecified atom stereocenters. The molecule has 0 radical (unpaired) electrons. The summed E-state index contributed by atoms with van der Waals surface area (Å²) < 4.78 is 0. The molecule has 1 atom stereocenters. The van der Waals surface area contributed by atoms with Gasteiger partial charge in [-0.15, -0.1) is 0 Å². The van der Waals surface area contributed by atoms with Crippen LogP contribution >= 0.6 is 0 Å². The second kappa shape index (κ2) is 5.07. The maximum Gasteiger partial charge on any atom is 0.0964 e. The number of aliphatic imine (C=N–C) groups is 1. The van der Waals surface area contributed by atoms with E-state index in [2.05, 4.69) is 22.2 Å². The van der Waals surface area contributed by atoms with Crippen LogP contribution in [-0.2, 0) is 0 Å². The number of nitrogens with zero attached hydrogens (tertiary/aromatic N) is 1. The maximum atomic E-state index is 5.82. The first-order valence-electron chi connectivity index (χ1n) is 5.91. The third-order valence-electron chi connectivity index (χ3n) is 2.47. The fourth-order valence-corrected chi connectivity index (χ4v) is 1.56. The Bertz CT molecular complexity index is 510. The highest BCUT2D eigenvalue weighted by Crippen LogP contribution is 2.19. The minimum atomic E-state index is -0.458. The highest BCUT2D eigenvalue weighted by molar-refractivity contribution is 5.58. The fourth-order valence-electron chi connectivity index (χ4n) is 1.56. The number of rotatable bonds is 1. The van der Waals surface area contributed by atoms with Gasteiger partial charge < -0.3 is 11.1 Å². The van der Waals surface area contributed by atoms with Gasteiger partial charge in [0.2, 0.25) is 0 Å². The van der Waals surface area contributed by atoms with Gasteiger partial charge in [0.1, 0.15) is 0 Å². The lowest BCUT2D eigenvalue weighted by Crippen LogP contribution is -2.29. The smallest absolute Gasteiger partial charge is 0.0964 e. The topological polar surface area (TPSA) is 50.4 Å². The second-order valence-electron chi connectivity index (χ2n) is 4.84. The van der Waals surface area contributed by atoms with Gasteiger partial charge in [-0.1, -0.05) is 24.0 Å². The van der Waals surface area contributed by atoms with E-state index >= 15 is 0 Å². The number of hydrogen-bond donors (Lipinski definition) is 2. The number of benzene rings is 1. The van der Waals surface area contributed by atoms with Crippen LogP contribution in [0.2, 0.25) is 0 Å². The molecule has 0 aliphatic carbocycles. The second-order valence-corrected chi connectivity index (χ2v) is 4.84. The summed E-state index contributed by atoms with van der Waals surface area (Å²) in [6, 6.07) is 8.19. The van der Waals surface area contributed by atoms with Gasteiger partial charge in [0.05, 0.1) is 17.9 Å². The zero-order valence-electron chi connectivity index (χ0n) is 10.6. The van der Waals surface area contributed by atoms with Crippen molar-refractivity contribution >= 4 is 6.34 Å². The van der Waals surface area contributed by atoms with Crippen molar-refractivity contribution in [1.29, 1.82) is 0 Å². The first kappa shape index (κ1) is 12.4. The molecule has 0 bridgehead atoms. The molecule has 1 aromatic rings. The molecule has 3 N–H and O–H groups in total. The molecule has 1 aromatic carbocycles. The Kier molecular flexibility index (Phi) is 3.50. The van der Waals surface area contributed by atoms with E-state index in [0.717, 1.165) is 11.1 Å². The molecule has 0 fully saturated rings. The molecular formula is C15H17N3. The van der Waals surface area contributed by atoms with Gasteiger partial charge in [-0.3, -0.25) is 4.99 Å². The molecule has 1 aliphatic heterocycles. The molecule has 3 nitrogen and oxygen atoms in total. The van der Waals surface area contributed by atoms with Crippen molar-refractivity contribution in [3.63, 3.8) is 0 Å². The van der Waals surface area contributed by atoms with Crippen LogP contribution in [0.25, 0.3) is 0 Å². The quantitative estimate of drug-likeness (QED) is 0.736. The van der Waals surface area contributed by atoms with Crippen molar-refractivity contribution in [1.82, 2.24) is 5.32 Å². The van der Waals surface area contributed by atoms with Crippen LogP contribution in [0.4, 0.5) is 0 Å². The molecule has 0 saturated carbocycles. The highest BCUT2D eigenvalue weighted by atomic mass is 15.0. The summed E-state index contributed by atoms with van der Waals surface area (Å²) in [5.74, 6) is 6.08. The van der Waals surface area contributed by atoms with Crippen LogP contribution in [0.3, 0.4) is 0 Å². The molecular weight excluding hydrogens is 222 g/mol. The molecule has 0 saturated heterocycles. The Morgan fingerprint density at radius 1 is 1.28 bits per heavy atom. The minimum absolute atomic E-state index is 0.0965. The third kappa shape index (κ3) is 3.47. The SMILES string of the molecule is CC(C)(N)C#Cc1ccc(C2C=CNC=N2)cc1. The summed E-state index contributed by atoms with van der Waals surface area (Å²) in [4.78, 5) is 4.34. The summed E-state index contributed by atoms with van der Waals surface area (Å²) in [5, 5.41) is 2.92. The minimum Gasteiger partial charge on any atom is -0.353 e. The number of hydrogen-bond acceptors (Lipinski definition) is 3. The van der Waals surface area contributed by atoms with Crippen molar-refractivity contribution in [3.05, 3.63) is 47.7 Å². The largest absolute Gasteiger partial charge is 0.353 e. The molecule has 2 rings (SSSR count). The van der Waals surface area contributed by atoms with Crippen molar-refractivity contribution in [3.8, 4) is 11.8 Å². The zero-order chi connectivity index (χ0) is 13.0. The van der Waals surface area contributed by atoms with E-state index in [4.69, 9.17) is 5.73 Å². The van der Waals surface area contributed by atoms with Crippen molar-refractivity contribution in [2.45, 2.75) is 25.4 Å². The van der Waals surface area contributed by atoms with Gasteiger partial charge in [0.25, 0.3) is 0 Å². The lowest BCUT2D eigenvalue weighted by Gasteiger charge is -2.11. The lowest BCUT2D eigenvalue weighted by atomic mass is 10.0. The van der Waals surface area contributed by atoms with E-state index in [9.17, 15) is 0 Å². The summed E-state index contributed by atoms with van der Waals surface area (Å²) in [6.07, 6.45) is 5.61. The molecule has 92 valence electrons. The van der Waals surface area contributed by atoms with E-state index in [1.807, 2.05) is 50.4 Å². The maximum absolute atomic E-state index is 5.82. The van der Waals surface area contributed by atoms with Gasteiger partial charge in [-0.25, -0.2) is 0 Å². The predicted molar refractivity (Wildman–Crippen MR) is 75.1 cm³/mol. The van der Waals surface area contributed by atoms with Gasteiger partial charge in [-0.05, 0) is 37.6 Å². The van der Waals surface area contributed by atoms with Crippen LogP contribution < -0.4 is 11.1 Å². The summed E-state index contributed by atoms with van der Waals surface area (Å²) in [5.41, 5.74) is 7.49. The Labute approximate surface area is 108 Å². The standard InChI is InChI=1S/C15H17N3/c1-15(2,16)9-7-12-3-5-13(6-4-12)14-8-10-17-11-18-14/h3-6,8,10-11,14H,16H2,1-2H3,(H,17,18). The van der Waals surface area contributed by atoms with Crippen LogP contribution in [0.15, 0.2) is 41.5 Å². The monoisotopic (exact) mass is 239 g/mol. The van der Waals surface area contributed by atoms with Gasteiger partial charge >= 0.3 is 0 Å². The van der Waals surface area contributed by atoms with Gasteiger partial charge in [0.15, 0.2) is 0 Å². The Balaban J connectivity index is 2.14. The van der Waals surface area contributed by atoms with E-state index in [0.29, 0.717) is 0 Å².